The van der Waals surface area contributed by atoms with Crippen LogP contribution in [0, 0.1) is 11.3 Å². The number of fused-ring (bicyclic) bond motifs is 1. The highest BCUT2D eigenvalue weighted by molar-refractivity contribution is 7.88. The molecule has 0 saturated heterocycles. The first-order valence-electron chi connectivity index (χ1n) is 6.08. The van der Waals surface area contributed by atoms with E-state index in [0.717, 1.165) is 11.6 Å². The molecule has 0 spiro atoms. The summed E-state index contributed by atoms with van der Waals surface area (Å²) >= 11 is 0. The summed E-state index contributed by atoms with van der Waals surface area (Å²) < 4.78 is 62.8. The third-order valence-electron chi connectivity index (χ3n) is 3.02. The first-order chi connectivity index (χ1) is 10.1. The van der Waals surface area contributed by atoms with Crippen LogP contribution in [0.1, 0.15) is 18.4 Å². The number of benzene rings is 2. The molecule has 0 heterocycles. The molecule has 8 heteroatoms. The van der Waals surface area contributed by atoms with Crippen LogP contribution < -0.4 is 4.18 Å². The molecule has 0 amide bonds. The first-order valence-corrected chi connectivity index (χ1v) is 7.49. The zero-order valence-electron chi connectivity index (χ0n) is 11.3. The van der Waals surface area contributed by atoms with Gasteiger partial charge in [0.15, 0.2) is 0 Å². The van der Waals surface area contributed by atoms with Gasteiger partial charge in [-0.1, -0.05) is 18.2 Å². The molecule has 22 heavy (non-hydrogen) atoms. The van der Waals surface area contributed by atoms with Gasteiger partial charge in [-0.05, 0) is 41.5 Å². The van der Waals surface area contributed by atoms with Crippen molar-refractivity contribution in [2.45, 2.75) is 18.3 Å². The summed E-state index contributed by atoms with van der Waals surface area (Å²) in [6.07, 6.45) is 0. The summed E-state index contributed by atoms with van der Waals surface area (Å²) in [4.78, 5) is 0. The molecule has 2 aromatic carbocycles. The molecule has 0 aliphatic heterocycles. The second-order valence-corrected chi connectivity index (χ2v) is 6.14. The third-order valence-corrected chi connectivity index (χ3v) is 4.00. The van der Waals surface area contributed by atoms with Gasteiger partial charge in [0, 0.05) is 0 Å². The molecule has 0 aliphatic rings. The molecule has 1 unspecified atom stereocenters. The maximum Gasteiger partial charge on any atom is 0.534 e. The van der Waals surface area contributed by atoms with Gasteiger partial charge in [-0.3, -0.25) is 0 Å². The van der Waals surface area contributed by atoms with Crippen molar-refractivity contribution < 1.29 is 25.8 Å². The van der Waals surface area contributed by atoms with Crippen molar-refractivity contribution in [1.29, 1.82) is 5.26 Å². The molecule has 2 aromatic rings. The number of nitrogens with zero attached hydrogens (tertiary/aromatic N) is 1. The van der Waals surface area contributed by atoms with E-state index in [0.29, 0.717) is 10.8 Å². The molecule has 0 aromatic heterocycles. The van der Waals surface area contributed by atoms with Gasteiger partial charge in [-0.2, -0.15) is 26.9 Å². The van der Waals surface area contributed by atoms with Gasteiger partial charge in [0.1, 0.15) is 5.75 Å². The lowest BCUT2D eigenvalue weighted by atomic mass is 9.99. The number of rotatable bonds is 3. The minimum Gasteiger partial charge on any atom is -0.376 e. The van der Waals surface area contributed by atoms with Crippen LogP contribution in [-0.4, -0.2) is 13.9 Å². The number of hydrogen-bond donors (Lipinski definition) is 0. The highest BCUT2D eigenvalue weighted by atomic mass is 32.2. The number of nitriles is 1. The highest BCUT2D eigenvalue weighted by Crippen LogP contribution is 2.29. The second-order valence-electron chi connectivity index (χ2n) is 4.60. The molecule has 0 aliphatic carbocycles. The molecule has 0 radical (unpaired) electrons. The summed E-state index contributed by atoms with van der Waals surface area (Å²) in [6.45, 7) is 1.72. The van der Waals surface area contributed by atoms with Crippen LogP contribution in [0.15, 0.2) is 36.4 Å². The van der Waals surface area contributed by atoms with Gasteiger partial charge in [-0.25, -0.2) is 0 Å². The Morgan fingerprint density at radius 2 is 1.73 bits per heavy atom. The van der Waals surface area contributed by atoms with E-state index < -0.39 is 21.4 Å². The molecule has 2 rings (SSSR count). The standard InChI is InChI=1S/C14H10F3NO3S/c1-9(8-18)10-2-3-12-7-13(5-4-11(12)6-10)21-22(19,20)14(15,16)17/h2-7,9H,1H3. The molecule has 0 saturated carbocycles. The first kappa shape index (κ1) is 16.1. The Kier molecular flexibility index (Phi) is 4.02. The Balaban J connectivity index is 2.39. The number of alkyl halides is 3. The molecule has 116 valence electrons. The van der Waals surface area contributed by atoms with Gasteiger partial charge in [0.05, 0.1) is 12.0 Å². The molecular formula is C14H10F3NO3S. The highest BCUT2D eigenvalue weighted by Gasteiger charge is 2.48. The van der Waals surface area contributed by atoms with Gasteiger partial charge < -0.3 is 4.18 Å². The molecule has 1 atom stereocenters. The van der Waals surface area contributed by atoms with E-state index in [4.69, 9.17) is 5.26 Å². The predicted molar refractivity (Wildman–Crippen MR) is 73.6 cm³/mol. The van der Waals surface area contributed by atoms with Crippen LogP contribution >= 0.6 is 0 Å². The van der Waals surface area contributed by atoms with Gasteiger partial charge in [0.25, 0.3) is 0 Å². The minimum absolute atomic E-state index is 0.328. The van der Waals surface area contributed by atoms with Gasteiger partial charge in [0.2, 0.25) is 0 Å². The zero-order valence-corrected chi connectivity index (χ0v) is 12.1. The quantitative estimate of drug-likeness (QED) is 0.636. The lowest BCUT2D eigenvalue weighted by molar-refractivity contribution is -0.0500. The van der Waals surface area contributed by atoms with Crippen molar-refractivity contribution in [3.05, 3.63) is 42.0 Å². The van der Waals surface area contributed by atoms with Crippen molar-refractivity contribution in [2.75, 3.05) is 0 Å². The average Bonchev–Trinajstić information content (AvgIpc) is 2.44. The largest absolute Gasteiger partial charge is 0.534 e. The Labute approximate surface area is 124 Å². The fourth-order valence-corrected chi connectivity index (χ4v) is 2.26. The smallest absolute Gasteiger partial charge is 0.376 e. The van der Waals surface area contributed by atoms with E-state index in [1.807, 2.05) is 0 Å². The molecule has 4 nitrogen and oxygen atoms in total. The zero-order chi connectivity index (χ0) is 16.5. The number of halogens is 3. The van der Waals surface area contributed by atoms with Crippen molar-refractivity contribution in [3.63, 3.8) is 0 Å². The van der Waals surface area contributed by atoms with E-state index in [-0.39, 0.29) is 5.92 Å². The van der Waals surface area contributed by atoms with Gasteiger partial charge >= 0.3 is 15.6 Å². The van der Waals surface area contributed by atoms with E-state index in [9.17, 15) is 21.6 Å². The van der Waals surface area contributed by atoms with E-state index >= 15 is 0 Å². The maximum absolute atomic E-state index is 12.3. The monoisotopic (exact) mass is 329 g/mol. The molecular weight excluding hydrogens is 319 g/mol. The van der Waals surface area contributed by atoms with Crippen LogP contribution in [0.25, 0.3) is 10.8 Å². The summed E-state index contributed by atoms with van der Waals surface area (Å²) in [5.74, 6) is -0.753. The maximum atomic E-state index is 12.3. The van der Waals surface area contributed by atoms with Crippen molar-refractivity contribution in [2.24, 2.45) is 0 Å². The van der Waals surface area contributed by atoms with E-state index in [2.05, 4.69) is 10.3 Å². The number of hydrogen-bond acceptors (Lipinski definition) is 4. The van der Waals surface area contributed by atoms with Crippen LogP contribution in [0.3, 0.4) is 0 Å². The summed E-state index contributed by atoms with van der Waals surface area (Å²) in [7, 11) is -5.69. The Morgan fingerprint density at radius 1 is 1.14 bits per heavy atom. The fraction of sp³-hybridized carbons (Fsp3) is 0.214. The Bertz CT molecular complexity index is 854. The second kappa shape index (κ2) is 5.50. The van der Waals surface area contributed by atoms with Crippen molar-refractivity contribution in [3.8, 4) is 11.8 Å². The van der Waals surface area contributed by atoms with Crippen molar-refractivity contribution >= 4 is 20.9 Å². The summed E-state index contributed by atoms with van der Waals surface area (Å²) in [6, 6.07) is 10.8. The van der Waals surface area contributed by atoms with E-state index in [1.54, 1.807) is 25.1 Å². The molecule has 0 bridgehead atoms. The Morgan fingerprint density at radius 3 is 2.32 bits per heavy atom. The SMILES string of the molecule is CC(C#N)c1ccc2cc(OS(=O)(=O)C(F)(F)F)ccc2c1. The van der Waals surface area contributed by atoms with Crippen LogP contribution in [0.4, 0.5) is 13.2 Å². The summed E-state index contributed by atoms with van der Waals surface area (Å²) in [5, 5.41) is 10.0. The van der Waals surface area contributed by atoms with Crippen LogP contribution in [0.5, 0.6) is 5.75 Å². The Hall–Kier alpha value is -2.27. The minimum atomic E-state index is -5.69. The van der Waals surface area contributed by atoms with Crippen LogP contribution in [0.2, 0.25) is 0 Å². The topological polar surface area (TPSA) is 67.2 Å². The van der Waals surface area contributed by atoms with Crippen molar-refractivity contribution in [1.82, 2.24) is 0 Å². The predicted octanol–water partition coefficient (Wildman–Crippen LogP) is 3.70. The third kappa shape index (κ3) is 3.14. The summed E-state index contributed by atoms with van der Waals surface area (Å²) in [5.41, 5.74) is -4.72. The lowest BCUT2D eigenvalue weighted by Gasteiger charge is -2.10. The average molecular weight is 329 g/mol. The molecule has 0 fully saturated rings. The fourth-order valence-electron chi connectivity index (χ4n) is 1.81. The molecule has 0 N–H and O–H groups in total. The lowest BCUT2D eigenvalue weighted by Crippen LogP contribution is -2.28. The van der Waals surface area contributed by atoms with E-state index in [1.165, 1.54) is 12.1 Å². The van der Waals surface area contributed by atoms with Gasteiger partial charge in [-0.15, -0.1) is 0 Å². The van der Waals surface area contributed by atoms with Crippen LogP contribution in [-0.2, 0) is 10.1 Å². The normalized spacial score (nSPS) is 13.6.